The van der Waals surface area contributed by atoms with E-state index in [-0.39, 0.29) is 9.77 Å². The number of hydrogen-bond acceptors (Lipinski definition) is 5. The second-order valence-electron chi connectivity index (χ2n) is 5.06. The molecule has 6 nitrogen and oxygen atoms in total. The van der Waals surface area contributed by atoms with Gasteiger partial charge >= 0.3 is 0 Å². The third-order valence-electron chi connectivity index (χ3n) is 3.33. The molecule has 0 fully saturated rings. The molecule has 24 heavy (non-hydrogen) atoms. The van der Waals surface area contributed by atoms with Crippen LogP contribution in [0.4, 0.5) is 0 Å². The van der Waals surface area contributed by atoms with Crippen LogP contribution in [0.3, 0.4) is 0 Å². The zero-order valence-corrected chi connectivity index (χ0v) is 14.2. The summed E-state index contributed by atoms with van der Waals surface area (Å²) < 4.78 is 27.5. The fourth-order valence-electron chi connectivity index (χ4n) is 2.13. The Labute approximate surface area is 143 Å². The van der Waals surface area contributed by atoms with Crippen LogP contribution in [0, 0.1) is 0 Å². The zero-order chi connectivity index (χ0) is 17.0. The van der Waals surface area contributed by atoms with Gasteiger partial charge < -0.3 is 0 Å². The lowest BCUT2D eigenvalue weighted by molar-refractivity contribution is 0.584. The van der Waals surface area contributed by atoms with E-state index in [0.717, 1.165) is 16.9 Å². The van der Waals surface area contributed by atoms with E-state index in [9.17, 15) is 13.2 Å². The van der Waals surface area contributed by atoms with Crippen molar-refractivity contribution >= 4 is 21.4 Å². The molecule has 2 aromatic heterocycles. The van der Waals surface area contributed by atoms with E-state index in [1.54, 1.807) is 12.1 Å². The Balaban J connectivity index is 1.69. The van der Waals surface area contributed by atoms with E-state index in [2.05, 4.69) is 14.9 Å². The van der Waals surface area contributed by atoms with Crippen LogP contribution in [-0.2, 0) is 16.4 Å². The number of nitrogens with one attached hydrogen (secondary N) is 2. The van der Waals surface area contributed by atoms with Crippen LogP contribution in [0.25, 0.3) is 10.6 Å². The van der Waals surface area contributed by atoms with Gasteiger partial charge in [-0.2, -0.15) is 5.10 Å². The lowest BCUT2D eigenvalue weighted by atomic mass is 10.2. The Morgan fingerprint density at radius 1 is 1.04 bits per heavy atom. The minimum atomic E-state index is -3.56. The highest BCUT2D eigenvalue weighted by atomic mass is 32.2. The molecule has 0 saturated heterocycles. The fourth-order valence-corrected chi connectivity index (χ4v) is 4.48. The Bertz CT molecular complexity index is 959. The van der Waals surface area contributed by atoms with Crippen molar-refractivity contribution in [1.82, 2.24) is 14.9 Å². The molecule has 2 heterocycles. The molecule has 0 aliphatic heterocycles. The number of hydrogen-bond donors (Lipinski definition) is 2. The molecule has 0 unspecified atom stereocenters. The van der Waals surface area contributed by atoms with Gasteiger partial charge in [-0.15, -0.1) is 11.3 Å². The van der Waals surface area contributed by atoms with Crippen molar-refractivity contribution in [1.29, 1.82) is 0 Å². The van der Waals surface area contributed by atoms with Crippen LogP contribution in [0.5, 0.6) is 0 Å². The maximum atomic E-state index is 12.3. The molecule has 1 aromatic carbocycles. The number of aromatic amines is 1. The van der Waals surface area contributed by atoms with Gasteiger partial charge in [0.05, 0.1) is 4.88 Å². The predicted molar refractivity (Wildman–Crippen MR) is 93.5 cm³/mol. The van der Waals surface area contributed by atoms with Gasteiger partial charge in [-0.1, -0.05) is 30.3 Å². The Hall–Kier alpha value is -2.29. The van der Waals surface area contributed by atoms with Crippen molar-refractivity contribution in [3.05, 3.63) is 70.5 Å². The first kappa shape index (κ1) is 16.6. The van der Waals surface area contributed by atoms with E-state index in [1.807, 2.05) is 30.3 Å². The highest BCUT2D eigenvalue weighted by Gasteiger charge is 2.17. The molecule has 0 amide bonds. The molecule has 8 heteroatoms. The van der Waals surface area contributed by atoms with E-state index in [0.29, 0.717) is 23.5 Å². The molecule has 0 atom stereocenters. The second kappa shape index (κ2) is 7.08. The summed E-state index contributed by atoms with van der Waals surface area (Å²) in [4.78, 5) is 11.7. The maximum absolute atomic E-state index is 12.3. The topological polar surface area (TPSA) is 91.9 Å². The van der Waals surface area contributed by atoms with Gasteiger partial charge in [-0.25, -0.2) is 18.2 Å². The molecule has 3 rings (SSSR count). The van der Waals surface area contributed by atoms with E-state index in [4.69, 9.17) is 0 Å². The summed E-state index contributed by atoms with van der Waals surface area (Å²) in [6.07, 6.45) is 0.625. The molecule has 0 saturated carbocycles. The smallest absolute Gasteiger partial charge is 0.264 e. The van der Waals surface area contributed by atoms with E-state index in [1.165, 1.54) is 12.1 Å². The summed E-state index contributed by atoms with van der Waals surface area (Å²) in [5, 5.41) is 6.24. The number of aromatic nitrogens is 2. The molecule has 2 N–H and O–H groups in total. The molecule has 0 aliphatic carbocycles. The van der Waals surface area contributed by atoms with Crippen LogP contribution in [0.15, 0.2) is 63.6 Å². The molecule has 0 spiro atoms. The Morgan fingerprint density at radius 3 is 2.54 bits per heavy atom. The standard InChI is InChI=1S/C16H15N3O3S2/c20-15-8-6-13(18-19-15)14-7-9-16(23-14)24(21,22)17-11-10-12-4-2-1-3-5-12/h1-9,17H,10-11H2,(H,19,20). The van der Waals surface area contributed by atoms with Crippen molar-refractivity contribution in [2.45, 2.75) is 10.6 Å². The third-order valence-corrected chi connectivity index (χ3v) is 6.39. The first-order valence-corrected chi connectivity index (χ1v) is 9.54. The second-order valence-corrected chi connectivity index (χ2v) is 8.14. The van der Waals surface area contributed by atoms with E-state index < -0.39 is 10.0 Å². The highest BCUT2D eigenvalue weighted by molar-refractivity contribution is 7.91. The first-order chi connectivity index (χ1) is 11.5. The molecule has 124 valence electrons. The molecule has 0 bridgehead atoms. The van der Waals surface area contributed by atoms with Crippen LogP contribution in [0.2, 0.25) is 0 Å². The quantitative estimate of drug-likeness (QED) is 0.703. The summed E-state index contributed by atoms with van der Waals surface area (Å²) in [6.45, 7) is 0.330. The first-order valence-electron chi connectivity index (χ1n) is 7.24. The normalized spacial score (nSPS) is 11.5. The largest absolute Gasteiger partial charge is 0.268 e. The SMILES string of the molecule is O=c1ccc(-c2ccc(S(=O)(=O)NCCc3ccccc3)s2)n[nH]1. The highest BCUT2D eigenvalue weighted by Crippen LogP contribution is 2.28. The number of thiophene rings is 1. The summed E-state index contributed by atoms with van der Waals surface area (Å²) >= 11 is 1.11. The summed E-state index contributed by atoms with van der Waals surface area (Å²) in [5.74, 6) is 0. The Morgan fingerprint density at radius 2 is 1.83 bits per heavy atom. The minimum absolute atomic E-state index is 0.221. The van der Waals surface area contributed by atoms with E-state index >= 15 is 0 Å². The maximum Gasteiger partial charge on any atom is 0.264 e. The lowest BCUT2D eigenvalue weighted by Gasteiger charge is -2.04. The lowest BCUT2D eigenvalue weighted by Crippen LogP contribution is -2.25. The van der Waals surface area contributed by atoms with Crippen molar-refractivity contribution in [2.24, 2.45) is 0 Å². The van der Waals surface area contributed by atoms with Crippen molar-refractivity contribution in [3.8, 4) is 10.6 Å². The van der Waals surface area contributed by atoms with Crippen molar-refractivity contribution in [3.63, 3.8) is 0 Å². The average Bonchev–Trinajstić information content (AvgIpc) is 3.07. The fraction of sp³-hybridized carbons (Fsp3) is 0.125. The number of sulfonamides is 1. The predicted octanol–water partition coefficient (Wildman–Crippen LogP) is 2.02. The molecule has 3 aromatic rings. The van der Waals surface area contributed by atoms with Crippen LogP contribution in [-0.4, -0.2) is 25.2 Å². The van der Waals surface area contributed by atoms with Crippen LogP contribution < -0.4 is 10.3 Å². The van der Waals surface area contributed by atoms with Gasteiger partial charge in [0.25, 0.3) is 5.56 Å². The van der Waals surface area contributed by atoms with Gasteiger partial charge in [-0.05, 0) is 30.2 Å². The number of H-pyrrole nitrogens is 1. The molecule has 0 radical (unpaired) electrons. The van der Waals surface area contributed by atoms with Crippen molar-refractivity contribution < 1.29 is 8.42 Å². The zero-order valence-electron chi connectivity index (χ0n) is 12.6. The van der Waals surface area contributed by atoms with Gasteiger partial charge in [0.15, 0.2) is 0 Å². The van der Waals surface area contributed by atoms with Gasteiger partial charge in [-0.3, -0.25) is 4.79 Å². The molecule has 0 aliphatic rings. The number of rotatable bonds is 6. The average molecular weight is 361 g/mol. The Kier molecular flexibility index (Phi) is 4.89. The monoisotopic (exact) mass is 361 g/mol. The van der Waals surface area contributed by atoms with Crippen LogP contribution >= 0.6 is 11.3 Å². The van der Waals surface area contributed by atoms with Gasteiger partial charge in [0.1, 0.15) is 9.90 Å². The van der Waals surface area contributed by atoms with Crippen molar-refractivity contribution in [2.75, 3.05) is 6.54 Å². The van der Waals surface area contributed by atoms with Crippen LogP contribution in [0.1, 0.15) is 5.56 Å². The summed E-state index contributed by atoms with van der Waals surface area (Å²) in [6, 6.07) is 15.8. The van der Waals surface area contributed by atoms with Gasteiger partial charge in [0.2, 0.25) is 10.0 Å². The number of benzene rings is 1. The third kappa shape index (κ3) is 3.97. The summed E-state index contributed by atoms with van der Waals surface area (Å²) in [7, 11) is -3.56. The minimum Gasteiger partial charge on any atom is -0.268 e. The molecular weight excluding hydrogens is 346 g/mol. The van der Waals surface area contributed by atoms with Gasteiger partial charge in [0, 0.05) is 12.6 Å². The molecular formula is C16H15N3O3S2. The summed E-state index contributed by atoms with van der Waals surface area (Å²) in [5.41, 5.74) is 1.31. The number of nitrogens with zero attached hydrogens (tertiary/aromatic N) is 1.